The van der Waals surface area contributed by atoms with Crippen LogP contribution in [0.1, 0.15) is 41.6 Å². The van der Waals surface area contributed by atoms with Crippen LogP contribution in [-0.2, 0) is 0 Å². The highest BCUT2D eigenvalue weighted by atomic mass is 32.1. The Morgan fingerprint density at radius 2 is 1.31 bits per heavy atom. The highest BCUT2D eigenvalue weighted by Gasteiger charge is 2.16. The quantitative estimate of drug-likeness (QED) is 0.0510. The zero-order chi connectivity index (χ0) is 34.6. The number of nitrogens with zero attached hydrogens (tertiary/aromatic N) is 1. The van der Waals surface area contributed by atoms with Gasteiger partial charge in [0, 0.05) is 11.1 Å². The molecule has 1 aromatic heterocycles. The molecule has 5 rings (SSSR count). The number of fused-ring (bicyclic) bond motifs is 1. The largest absolute Gasteiger partial charge is 0.493 e. The molecule has 0 aliphatic heterocycles. The second kappa shape index (κ2) is 17.3. The molecule has 0 N–H and O–H groups in total. The SMILES string of the molecule is COc1cc(-c2nc3ccccc3s2)ccc1OCCCCCCOc1cc(C=CC(=O)c2cc(OC)c(OC)c(OC)c2)ccc1OC. The summed E-state index contributed by atoms with van der Waals surface area (Å²) in [5.74, 6) is 3.72. The molecule has 0 radical (unpaired) electrons. The van der Waals surface area contributed by atoms with E-state index in [0.29, 0.717) is 53.3 Å². The van der Waals surface area contributed by atoms with Gasteiger partial charge in [0.05, 0.1) is 59.0 Å². The number of carbonyl (C=O) groups is 1. The van der Waals surface area contributed by atoms with E-state index >= 15 is 0 Å². The molecule has 49 heavy (non-hydrogen) atoms. The number of methoxy groups -OCH3 is 5. The fourth-order valence-electron chi connectivity index (χ4n) is 5.24. The minimum atomic E-state index is -0.207. The number of unbranched alkanes of at least 4 members (excludes halogenated alkanes) is 3. The Balaban J connectivity index is 1.07. The van der Waals surface area contributed by atoms with Crippen molar-refractivity contribution in [1.82, 2.24) is 4.98 Å². The van der Waals surface area contributed by atoms with Gasteiger partial charge in [-0.3, -0.25) is 4.79 Å². The van der Waals surface area contributed by atoms with E-state index in [0.717, 1.165) is 57.8 Å². The number of hydrogen-bond acceptors (Lipinski definition) is 10. The van der Waals surface area contributed by atoms with Crippen molar-refractivity contribution in [3.05, 3.63) is 90.0 Å². The number of ether oxygens (including phenoxy) is 7. The third-order valence-electron chi connectivity index (χ3n) is 7.82. The lowest BCUT2D eigenvalue weighted by atomic mass is 10.1. The topological polar surface area (TPSA) is 94.6 Å². The fraction of sp³-hybridized carbons (Fsp3) is 0.282. The number of benzene rings is 4. The van der Waals surface area contributed by atoms with Crippen molar-refractivity contribution in [2.45, 2.75) is 25.7 Å². The molecule has 0 saturated heterocycles. The van der Waals surface area contributed by atoms with Crippen molar-refractivity contribution in [2.24, 2.45) is 0 Å². The number of para-hydroxylation sites is 1. The normalized spacial score (nSPS) is 11.0. The van der Waals surface area contributed by atoms with Gasteiger partial charge >= 0.3 is 0 Å². The zero-order valence-electron chi connectivity index (χ0n) is 28.4. The minimum Gasteiger partial charge on any atom is -0.493 e. The molecule has 0 aliphatic rings. The van der Waals surface area contributed by atoms with Crippen LogP contribution in [0.25, 0.3) is 26.9 Å². The molecular weight excluding hydrogens is 642 g/mol. The summed E-state index contributed by atoms with van der Waals surface area (Å²) >= 11 is 1.66. The predicted octanol–water partition coefficient (Wildman–Crippen LogP) is 8.92. The molecule has 0 unspecified atom stereocenters. The first-order valence-electron chi connectivity index (χ1n) is 16.0. The Hall–Kier alpha value is -5.22. The van der Waals surface area contributed by atoms with Gasteiger partial charge in [0.15, 0.2) is 40.3 Å². The van der Waals surface area contributed by atoms with Gasteiger partial charge in [0.2, 0.25) is 5.75 Å². The van der Waals surface area contributed by atoms with Gasteiger partial charge in [0.1, 0.15) is 5.01 Å². The lowest BCUT2D eigenvalue weighted by Crippen LogP contribution is -2.02. The summed E-state index contributed by atoms with van der Waals surface area (Å²) < 4.78 is 40.5. The van der Waals surface area contributed by atoms with Crippen LogP contribution >= 0.6 is 11.3 Å². The van der Waals surface area contributed by atoms with Crippen LogP contribution < -0.4 is 33.2 Å². The second-order valence-corrected chi connectivity index (χ2v) is 12.0. The molecule has 0 aliphatic carbocycles. The third-order valence-corrected chi connectivity index (χ3v) is 8.91. The first-order valence-corrected chi connectivity index (χ1v) is 16.8. The number of aromatic nitrogens is 1. The van der Waals surface area contributed by atoms with Crippen molar-refractivity contribution in [2.75, 3.05) is 48.8 Å². The average Bonchev–Trinajstić information content (AvgIpc) is 3.58. The molecule has 10 heteroatoms. The van der Waals surface area contributed by atoms with E-state index in [1.807, 2.05) is 54.6 Å². The van der Waals surface area contributed by atoms with Gasteiger partial charge in [-0.1, -0.05) is 24.3 Å². The number of hydrogen-bond donors (Lipinski definition) is 0. The van der Waals surface area contributed by atoms with E-state index in [-0.39, 0.29) is 5.78 Å². The summed E-state index contributed by atoms with van der Waals surface area (Å²) in [6.07, 6.45) is 7.01. The van der Waals surface area contributed by atoms with Crippen molar-refractivity contribution in [3.63, 3.8) is 0 Å². The van der Waals surface area contributed by atoms with E-state index in [1.54, 1.807) is 43.8 Å². The van der Waals surface area contributed by atoms with Crippen LogP contribution in [0.4, 0.5) is 0 Å². The number of rotatable bonds is 18. The Kier molecular flexibility index (Phi) is 12.4. The fourth-order valence-corrected chi connectivity index (χ4v) is 6.20. The molecule has 0 spiro atoms. The lowest BCUT2D eigenvalue weighted by molar-refractivity contribution is 0.104. The average molecular weight is 684 g/mol. The standard InChI is InChI=1S/C39H41NO8S/c1-42-31-18-15-26(14-17-30(41)28-24-35(44-3)38(46-5)36(25-28)45-4)22-34(31)48-21-11-7-6-10-20-47-32-19-16-27(23-33(32)43-2)39-40-29-12-8-9-13-37(29)49-39/h8-9,12-19,22-25H,6-7,10-11,20-21H2,1-5H3. The van der Waals surface area contributed by atoms with E-state index in [1.165, 1.54) is 27.4 Å². The maximum absolute atomic E-state index is 13.0. The lowest BCUT2D eigenvalue weighted by Gasteiger charge is -2.13. The number of ketones is 1. The van der Waals surface area contributed by atoms with E-state index in [4.69, 9.17) is 38.1 Å². The molecular formula is C39H41NO8S. The molecule has 5 aromatic rings. The van der Waals surface area contributed by atoms with Gasteiger partial charge in [-0.05, 0) is 91.9 Å². The van der Waals surface area contributed by atoms with Crippen molar-refractivity contribution in [1.29, 1.82) is 0 Å². The molecule has 0 bridgehead atoms. The van der Waals surface area contributed by atoms with E-state index in [2.05, 4.69) is 6.07 Å². The summed E-state index contributed by atoms with van der Waals surface area (Å²) in [5, 5.41) is 0.955. The second-order valence-electron chi connectivity index (χ2n) is 11.0. The highest BCUT2D eigenvalue weighted by molar-refractivity contribution is 7.21. The molecule has 1 heterocycles. The molecule has 9 nitrogen and oxygen atoms in total. The van der Waals surface area contributed by atoms with Crippen LogP contribution in [0.15, 0.2) is 78.9 Å². The minimum absolute atomic E-state index is 0.207. The van der Waals surface area contributed by atoms with Gasteiger partial charge in [-0.2, -0.15) is 0 Å². The van der Waals surface area contributed by atoms with Crippen LogP contribution in [-0.4, -0.2) is 59.5 Å². The molecule has 0 amide bonds. The Morgan fingerprint density at radius 3 is 1.96 bits per heavy atom. The van der Waals surface area contributed by atoms with Gasteiger partial charge in [-0.15, -0.1) is 11.3 Å². The number of allylic oxidation sites excluding steroid dienone is 1. The first-order chi connectivity index (χ1) is 24.0. The van der Waals surface area contributed by atoms with Crippen molar-refractivity contribution in [3.8, 4) is 50.8 Å². The van der Waals surface area contributed by atoms with Crippen molar-refractivity contribution < 1.29 is 38.0 Å². The summed E-state index contributed by atoms with van der Waals surface area (Å²) in [5.41, 5.74) is 3.22. The Morgan fingerprint density at radius 1 is 0.653 bits per heavy atom. The van der Waals surface area contributed by atoms with Gasteiger partial charge < -0.3 is 33.2 Å². The summed E-state index contributed by atoms with van der Waals surface area (Å²) in [6, 6.07) is 22.9. The summed E-state index contributed by atoms with van der Waals surface area (Å²) in [4.78, 5) is 17.7. The molecule has 4 aromatic carbocycles. The zero-order valence-corrected chi connectivity index (χ0v) is 29.3. The van der Waals surface area contributed by atoms with E-state index < -0.39 is 0 Å². The van der Waals surface area contributed by atoms with E-state index in [9.17, 15) is 4.79 Å². The Labute approximate surface area is 291 Å². The van der Waals surface area contributed by atoms with Crippen LogP contribution in [0.3, 0.4) is 0 Å². The summed E-state index contributed by atoms with van der Waals surface area (Å²) in [6.45, 7) is 1.13. The highest BCUT2D eigenvalue weighted by Crippen LogP contribution is 2.39. The number of thiazole rings is 1. The maximum atomic E-state index is 13.0. The number of carbonyl (C=O) groups excluding carboxylic acids is 1. The molecule has 0 fully saturated rings. The smallest absolute Gasteiger partial charge is 0.203 e. The van der Waals surface area contributed by atoms with Crippen LogP contribution in [0, 0.1) is 0 Å². The van der Waals surface area contributed by atoms with Crippen molar-refractivity contribution >= 4 is 33.4 Å². The van der Waals surface area contributed by atoms with Gasteiger partial charge in [0.25, 0.3) is 0 Å². The first kappa shape index (κ1) is 35.1. The summed E-state index contributed by atoms with van der Waals surface area (Å²) in [7, 11) is 7.81. The molecule has 0 atom stereocenters. The Bertz CT molecular complexity index is 1840. The maximum Gasteiger partial charge on any atom is 0.203 e. The molecule has 0 saturated carbocycles. The predicted molar refractivity (Wildman–Crippen MR) is 194 cm³/mol. The van der Waals surface area contributed by atoms with Gasteiger partial charge in [-0.25, -0.2) is 4.98 Å². The third kappa shape index (κ3) is 8.83. The van der Waals surface area contributed by atoms with Crippen LogP contribution in [0.2, 0.25) is 0 Å². The monoisotopic (exact) mass is 683 g/mol. The van der Waals surface area contributed by atoms with Crippen LogP contribution in [0.5, 0.6) is 40.2 Å². The molecule has 256 valence electrons.